The summed E-state index contributed by atoms with van der Waals surface area (Å²) < 4.78 is 45.5. The summed E-state index contributed by atoms with van der Waals surface area (Å²) in [6.07, 6.45) is 0.249. The lowest BCUT2D eigenvalue weighted by Gasteiger charge is -2.36. The largest absolute Gasteiger partial charge is 0.497 e. The first kappa shape index (κ1) is 40.7. The molecule has 1 aliphatic heterocycles. The molecule has 3 N–H and O–H groups in total. The Morgan fingerprint density at radius 1 is 1.00 bits per heavy atom. The topological polar surface area (TPSA) is 182 Å². The zero-order valence-electron chi connectivity index (χ0n) is 33.3. The van der Waals surface area contributed by atoms with Gasteiger partial charge in [0.05, 0.1) is 30.1 Å². The summed E-state index contributed by atoms with van der Waals surface area (Å²) in [6, 6.07) is 14.6. The highest BCUT2D eigenvalue weighted by atomic mass is 32.2. The fourth-order valence-electron chi connectivity index (χ4n) is 7.25. The minimum atomic E-state index is -3.88. The summed E-state index contributed by atoms with van der Waals surface area (Å²) in [6.45, 7) is 12.4. The van der Waals surface area contributed by atoms with Crippen molar-refractivity contribution < 1.29 is 41.8 Å². The van der Waals surface area contributed by atoms with E-state index in [1.165, 1.54) is 4.90 Å². The van der Waals surface area contributed by atoms with Crippen molar-refractivity contribution in [1.29, 1.82) is 0 Å². The van der Waals surface area contributed by atoms with E-state index in [9.17, 15) is 27.6 Å². The van der Waals surface area contributed by atoms with Gasteiger partial charge in [0.1, 0.15) is 40.8 Å². The second-order valence-corrected chi connectivity index (χ2v) is 19.1. The average molecular weight is 792 g/mol. The van der Waals surface area contributed by atoms with Gasteiger partial charge in [-0.15, -0.1) is 0 Å². The molecule has 2 heterocycles. The van der Waals surface area contributed by atoms with Crippen LogP contribution in [-0.4, -0.2) is 90.3 Å². The molecule has 0 bridgehead atoms. The van der Waals surface area contributed by atoms with Crippen LogP contribution in [0.5, 0.6) is 11.5 Å². The van der Waals surface area contributed by atoms with Gasteiger partial charge in [0, 0.05) is 29.5 Å². The molecule has 56 heavy (non-hydrogen) atoms. The lowest BCUT2D eigenvalue weighted by atomic mass is 9.85. The Labute approximate surface area is 328 Å². The number of nitrogens with one attached hydrogen (secondary N) is 3. The Bertz CT molecular complexity index is 2110. The smallest absolute Gasteiger partial charge is 0.408 e. The maximum atomic E-state index is 14.7. The number of pyridine rings is 1. The monoisotopic (exact) mass is 791 g/mol. The Balaban J connectivity index is 1.34. The van der Waals surface area contributed by atoms with Gasteiger partial charge >= 0.3 is 6.09 Å². The number of carbonyl (C=O) groups is 4. The second-order valence-electron chi connectivity index (χ2n) is 17.1. The van der Waals surface area contributed by atoms with Crippen LogP contribution in [0.15, 0.2) is 54.6 Å². The van der Waals surface area contributed by atoms with E-state index in [2.05, 4.69) is 15.4 Å². The summed E-state index contributed by atoms with van der Waals surface area (Å²) in [7, 11) is -2.31. The number of hydrogen-bond donors (Lipinski definition) is 3. The van der Waals surface area contributed by atoms with Crippen LogP contribution in [0.4, 0.5) is 4.79 Å². The second kappa shape index (κ2) is 15.2. The third-order valence-electron chi connectivity index (χ3n) is 10.5. The minimum absolute atomic E-state index is 0.0351. The molecule has 2 aliphatic carbocycles. The highest BCUT2D eigenvalue weighted by Crippen LogP contribution is 2.47. The summed E-state index contributed by atoms with van der Waals surface area (Å²) in [4.78, 5) is 62.1. The molecule has 14 nitrogen and oxygen atoms in total. The van der Waals surface area contributed by atoms with E-state index in [-0.39, 0.29) is 25.3 Å². The van der Waals surface area contributed by atoms with Crippen molar-refractivity contribution in [3.8, 4) is 22.8 Å². The van der Waals surface area contributed by atoms with Gasteiger partial charge < -0.3 is 29.7 Å². The van der Waals surface area contributed by atoms with Crippen molar-refractivity contribution in [2.24, 2.45) is 11.3 Å². The number of fused-ring (bicyclic) bond motifs is 1. The van der Waals surface area contributed by atoms with Crippen LogP contribution in [0.2, 0.25) is 0 Å². The predicted octanol–water partition coefficient (Wildman–Crippen LogP) is 5.09. The van der Waals surface area contributed by atoms with E-state index >= 15 is 0 Å². The number of aromatic nitrogens is 1. The third kappa shape index (κ3) is 8.87. The van der Waals surface area contributed by atoms with Crippen LogP contribution < -0.4 is 24.8 Å². The fraction of sp³-hybridized carbons (Fsp3) is 0.537. The van der Waals surface area contributed by atoms with Gasteiger partial charge in [-0.05, 0) is 63.5 Å². The van der Waals surface area contributed by atoms with Crippen molar-refractivity contribution >= 4 is 44.7 Å². The van der Waals surface area contributed by atoms with Crippen molar-refractivity contribution in [3.05, 3.63) is 54.6 Å². The van der Waals surface area contributed by atoms with Crippen LogP contribution >= 0.6 is 0 Å². The van der Waals surface area contributed by atoms with Gasteiger partial charge in [-0.3, -0.25) is 19.1 Å². The normalized spacial score (nSPS) is 22.9. The number of carbonyl (C=O) groups excluding carboxylic acids is 4. The Hall–Kier alpha value is -4.92. The number of alkyl carbamates (subject to hydrolysis) is 1. The standard InChI is InChI=1S/C41H53N5O9S/c1-9-25-22-41(25,37(49)45-56(51,52)28-16-17-28)44-35(47)32-20-27(23-46(32)36(48)34(39(2,3)4)43-38(50)55-40(5,6)7)54-33-21-30(24-13-11-10-12-14-24)42-31-19-26(53-8)15-18-29(31)33/h10-15,18-19,21,25,27-28,32,34H,9,16-17,20,22-23H2,1-8H3,(H,43,50)(H,44,47)(H,45,49). The maximum Gasteiger partial charge on any atom is 0.408 e. The van der Waals surface area contributed by atoms with E-state index < -0.39 is 73.8 Å². The Morgan fingerprint density at radius 2 is 1.70 bits per heavy atom. The number of hydrogen-bond acceptors (Lipinski definition) is 10. The van der Waals surface area contributed by atoms with Crippen molar-refractivity contribution in [1.82, 2.24) is 25.2 Å². The minimum Gasteiger partial charge on any atom is -0.497 e. The van der Waals surface area contributed by atoms with E-state index in [4.69, 9.17) is 19.2 Å². The summed E-state index contributed by atoms with van der Waals surface area (Å²) >= 11 is 0. The average Bonchev–Trinajstić information content (AvgIpc) is 4.06. The molecule has 2 saturated carbocycles. The lowest BCUT2D eigenvalue weighted by Crippen LogP contribution is -2.60. The van der Waals surface area contributed by atoms with Crippen molar-refractivity contribution in [3.63, 3.8) is 0 Å². The first-order valence-electron chi connectivity index (χ1n) is 19.1. The fourth-order valence-corrected chi connectivity index (χ4v) is 8.61. The molecule has 3 fully saturated rings. The maximum absolute atomic E-state index is 14.7. The Morgan fingerprint density at radius 3 is 2.29 bits per heavy atom. The molecule has 5 unspecified atom stereocenters. The van der Waals surface area contributed by atoms with E-state index in [0.29, 0.717) is 47.4 Å². The molecule has 3 aromatic rings. The number of methoxy groups -OCH3 is 1. The molecule has 2 aromatic carbocycles. The molecule has 6 rings (SSSR count). The van der Waals surface area contributed by atoms with Gasteiger partial charge in [0.25, 0.3) is 5.91 Å². The molecule has 0 radical (unpaired) electrons. The molecule has 5 atom stereocenters. The highest BCUT2D eigenvalue weighted by molar-refractivity contribution is 7.91. The molecular formula is C41H53N5O9S. The molecule has 1 saturated heterocycles. The molecule has 3 aliphatic rings. The van der Waals surface area contributed by atoms with Gasteiger partial charge in [0.2, 0.25) is 21.8 Å². The molecule has 302 valence electrons. The number of benzene rings is 2. The number of sulfonamides is 1. The predicted molar refractivity (Wildman–Crippen MR) is 210 cm³/mol. The van der Waals surface area contributed by atoms with Gasteiger partial charge in [-0.1, -0.05) is 64.4 Å². The lowest BCUT2D eigenvalue weighted by molar-refractivity contribution is -0.143. The van der Waals surface area contributed by atoms with E-state index in [0.717, 1.165) is 5.56 Å². The molecular weight excluding hydrogens is 739 g/mol. The van der Waals surface area contributed by atoms with E-state index in [1.807, 2.05) is 49.4 Å². The molecule has 1 aromatic heterocycles. The van der Waals surface area contributed by atoms with Crippen LogP contribution in [0.25, 0.3) is 22.2 Å². The number of ether oxygens (including phenoxy) is 3. The number of likely N-dealkylation sites (tertiary alicyclic amines) is 1. The molecule has 15 heteroatoms. The van der Waals surface area contributed by atoms with Crippen LogP contribution in [0.1, 0.15) is 80.6 Å². The summed E-state index contributed by atoms with van der Waals surface area (Å²) in [5, 5.41) is 5.68. The van der Waals surface area contributed by atoms with Crippen LogP contribution in [-0.2, 0) is 29.1 Å². The number of amides is 4. The van der Waals surface area contributed by atoms with Gasteiger partial charge in [-0.25, -0.2) is 18.2 Å². The number of rotatable bonds is 12. The van der Waals surface area contributed by atoms with E-state index in [1.54, 1.807) is 60.8 Å². The zero-order chi connectivity index (χ0) is 40.8. The summed E-state index contributed by atoms with van der Waals surface area (Å²) in [5.41, 5.74) is -0.993. The Kier molecular flexibility index (Phi) is 11.1. The van der Waals surface area contributed by atoms with Crippen LogP contribution in [0, 0.1) is 11.3 Å². The first-order valence-corrected chi connectivity index (χ1v) is 20.7. The van der Waals surface area contributed by atoms with Crippen molar-refractivity contribution in [2.45, 2.75) is 115 Å². The first-order chi connectivity index (χ1) is 26.2. The van der Waals surface area contributed by atoms with Gasteiger partial charge in [0.15, 0.2) is 0 Å². The van der Waals surface area contributed by atoms with Gasteiger partial charge in [-0.2, -0.15) is 0 Å². The highest BCUT2D eigenvalue weighted by Gasteiger charge is 2.62. The summed E-state index contributed by atoms with van der Waals surface area (Å²) in [5.74, 6) is -1.16. The number of nitrogens with zero attached hydrogens (tertiary/aromatic N) is 2. The zero-order valence-corrected chi connectivity index (χ0v) is 34.1. The SMILES string of the molecule is CCC1CC1(NC(=O)C1CC(Oc2cc(-c3ccccc3)nc3cc(OC)ccc23)CN1C(=O)C(NC(=O)OC(C)(C)C)C(C)(C)C)C(=O)NS(=O)(=O)C1CC1. The third-order valence-corrected chi connectivity index (χ3v) is 12.3. The quantitative estimate of drug-likeness (QED) is 0.224. The van der Waals surface area contributed by atoms with Crippen molar-refractivity contribution in [2.75, 3.05) is 13.7 Å². The molecule has 4 amide bonds. The molecule has 0 spiro atoms. The van der Waals surface area contributed by atoms with Crippen LogP contribution in [0.3, 0.4) is 0 Å².